The molecule has 1 unspecified atom stereocenters. The summed E-state index contributed by atoms with van der Waals surface area (Å²) in [5, 5.41) is 10.4. The Hall–Kier alpha value is -1.14. The van der Waals surface area contributed by atoms with Crippen LogP contribution >= 0.6 is 22.6 Å². The van der Waals surface area contributed by atoms with Gasteiger partial charge in [-0.05, 0) is 58.3 Å². The average molecular weight is 372 g/mol. The van der Waals surface area contributed by atoms with Crippen LogP contribution in [-0.4, -0.2) is 12.2 Å². The number of aliphatic hydroxyl groups excluding tert-OH is 1. The first-order chi connectivity index (χ1) is 9.04. The highest BCUT2D eigenvalue weighted by Gasteiger charge is 2.16. The van der Waals surface area contributed by atoms with Gasteiger partial charge in [0.05, 0.1) is 7.11 Å². The van der Waals surface area contributed by atoms with E-state index in [9.17, 15) is 9.50 Å². The van der Waals surface area contributed by atoms with E-state index in [1.54, 1.807) is 6.07 Å². The summed E-state index contributed by atoms with van der Waals surface area (Å²) in [6, 6.07) is 10.2. The van der Waals surface area contributed by atoms with Crippen LogP contribution in [0.5, 0.6) is 5.75 Å². The average Bonchev–Trinajstić information content (AvgIpc) is 2.41. The van der Waals surface area contributed by atoms with E-state index in [4.69, 9.17) is 4.74 Å². The van der Waals surface area contributed by atoms with E-state index in [-0.39, 0.29) is 5.75 Å². The molecule has 2 rings (SSSR count). The number of hydrogen-bond acceptors (Lipinski definition) is 2. The van der Waals surface area contributed by atoms with Crippen molar-refractivity contribution in [1.29, 1.82) is 0 Å². The standard InChI is InChI=1S/C15H14FIO2/c1-9-4-3-5-11(14(9)17)15(18)10-6-7-13(19-2)12(16)8-10/h3-8,15,18H,1-2H3. The minimum atomic E-state index is -0.841. The molecule has 0 aromatic heterocycles. The second-order valence-corrected chi connectivity index (χ2v) is 5.35. The molecular formula is C15H14FIO2. The molecule has 2 nitrogen and oxygen atoms in total. The Kier molecular flexibility index (Phi) is 4.42. The van der Waals surface area contributed by atoms with Crippen molar-refractivity contribution in [3.63, 3.8) is 0 Å². The van der Waals surface area contributed by atoms with Gasteiger partial charge in [0.1, 0.15) is 6.10 Å². The first-order valence-corrected chi connectivity index (χ1v) is 6.89. The van der Waals surface area contributed by atoms with Crippen LogP contribution in [0, 0.1) is 16.3 Å². The summed E-state index contributed by atoms with van der Waals surface area (Å²) < 4.78 is 19.5. The van der Waals surface area contributed by atoms with Gasteiger partial charge in [0.25, 0.3) is 0 Å². The van der Waals surface area contributed by atoms with Gasteiger partial charge >= 0.3 is 0 Å². The first-order valence-electron chi connectivity index (χ1n) is 5.81. The van der Waals surface area contributed by atoms with Crippen molar-refractivity contribution in [2.24, 2.45) is 0 Å². The molecule has 0 spiro atoms. The molecule has 0 aliphatic heterocycles. The third-order valence-corrected chi connectivity index (χ3v) is 4.48. The fourth-order valence-corrected chi connectivity index (χ4v) is 2.57. The molecule has 1 atom stereocenters. The Balaban J connectivity index is 2.41. The number of halogens is 2. The quantitative estimate of drug-likeness (QED) is 0.830. The van der Waals surface area contributed by atoms with Gasteiger partial charge in [-0.2, -0.15) is 0 Å². The summed E-state index contributed by atoms with van der Waals surface area (Å²) in [6.07, 6.45) is -0.841. The van der Waals surface area contributed by atoms with Gasteiger partial charge in [-0.3, -0.25) is 0 Å². The van der Waals surface area contributed by atoms with Crippen LogP contribution in [0.4, 0.5) is 4.39 Å². The number of aliphatic hydroxyl groups is 1. The summed E-state index contributed by atoms with van der Waals surface area (Å²) in [4.78, 5) is 0. The van der Waals surface area contributed by atoms with Crippen molar-refractivity contribution in [3.05, 3.63) is 62.5 Å². The maximum Gasteiger partial charge on any atom is 0.165 e. The molecule has 1 N–H and O–H groups in total. The molecule has 0 bridgehead atoms. The second-order valence-electron chi connectivity index (χ2n) is 4.27. The van der Waals surface area contributed by atoms with Gasteiger partial charge in [-0.25, -0.2) is 4.39 Å². The summed E-state index contributed by atoms with van der Waals surface area (Å²) in [5.74, 6) is -0.295. The van der Waals surface area contributed by atoms with Gasteiger partial charge < -0.3 is 9.84 Å². The topological polar surface area (TPSA) is 29.5 Å². The van der Waals surface area contributed by atoms with Crippen LogP contribution in [0.2, 0.25) is 0 Å². The first kappa shape index (κ1) is 14.3. The number of ether oxygens (including phenoxy) is 1. The molecular weight excluding hydrogens is 358 g/mol. The fourth-order valence-electron chi connectivity index (χ4n) is 1.91. The molecule has 4 heteroatoms. The number of benzene rings is 2. The van der Waals surface area contributed by atoms with Gasteiger partial charge in [0.15, 0.2) is 11.6 Å². The van der Waals surface area contributed by atoms with E-state index in [2.05, 4.69) is 22.6 Å². The molecule has 19 heavy (non-hydrogen) atoms. The predicted molar refractivity (Wildman–Crippen MR) is 80.9 cm³/mol. The highest BCUT2D eigenvalue weighted by molar-refractivity contribution is 14.1. The molecule has 0 amide bonds. The largest absolute Gasteiger partial charge is 0.494 e. The maximum atomic E-state index is 13.7. The Morgan fingerprint density at radius 1 is 1.26 bits per heavy atom. The van der Waals surface area contributed by atoms with E-state index in [1.807, 2.05) is 25.1 Å². The zero-order chi connectivity index (χ0) is 14.0. The molecule has 2 aromatic rings. The normalized spacial score (nSPS) is 12.3. The minimum absolute atomic E-state index is 0.176. The molecule has 0 saturated heterocycles. The number of aryl methyl sites for hydroxylation is 1. The van der Waals surface area contributed by atoms with Crippen molar-refractivity contribution in [2.75, 3.05) is 7.11 Å². The molecule has 0 aliphatic carbocycles. The maximum absolute atomic E-state index is 13.7. The Morgan fingerprint density at radius 2 is 2.00 bits per heavy atom. The van der Waals surface area contributed by atoms with Gasteiger partial charge in [0.2, 0.25) is 0 Å². The SMILES string of the molecule is COc1ccc(C(O)c2cccc(C)c2I)cc1F. The van der Waals surface area contributed by atoms with E-state index in [1.165, 1.54) is 19.2 Å². The van der Waals surface area contributed by atoms with Crippen molar-refractivity contribution in [3.8, 4) is 5.75 Å². The van der Waals surface area contributed by atoms with Crippen molar-refractivity contribution >= 4 is 22.6 Å². The van der Waals surface area contributed by atoms with Crippen LogP contribution in [0.3, 0.4) is 0 Å². The highest BCUT2D eigenvalue weighted by Crippen LogP contribution is 2.30. The van der Waals surface area contributed by atoms with Crippen LogP contribution in [0.1, 0.15) is 22.8 Å². The molecule has 0 radical (unpaired) electrons. The number of hydrogen-bond donors (Lipinski definition) is 1. The molecule has 0 aliphatic rings. The van der Waals surface area contributed by atoms with Crippen LogP contribution < -0.4 is 4.74 Å². The van der Waals surface area contributed by atoms with E-state index in [0.717, 1.165) is 14.7 Å². The monoisotopic (exact) mass is 372 g/mol. The smallest absolute Gasteiger partial charge is 0.165 e. The lowest BCUT2D eigenvalue weighted by Crippen LogP contribution is -2.04. The third-order valence-electron chi connectivity index (χ3n) is 3.01. The summed E-state index contributed by atoms with van der Waals surface area (Å²) in [5.41, 5.74) is 2.39. The van der Waals surface area contributed by atoms with Gasteiger partial charge in [0, 0.05) is 3.57 Å². The molecule has 0 saturated carbocycles. The molecule has 2 aromatic carbocycles. The second kappa shape index (κ2) is 5.88. The van der Waals surface area contributed by atoms with Crippen molar-refractivity contribution in [1.82, 2.24) is 0 Å². The lowest BCUT2D eigenvalue weighted by molar-refractivity contribution is 0.218. The molecule has 100 valence electrons. The van der Waals surface area contributed by atoms with Crippen molar-refractivity contribution < 1.29 is 14.2 Å². The zero-order valence-electron chi connectivity index (χ0n) is 10.7. The van der Waals surface area contributed by atoms with Crippen LogP contribution in [0.25, 0.3) is 0 Å². The van der Waals surface area contributed by atoms with Gasteiger partial charge in [-0.15, -0.1) is 0 Å². The van der Waals surface area contributed by atoms with Crippen LogP contribution in [-0.2, 0) is 0 Å². The van der Waals surface area contributed by atoms with E-state index in [0.29, 0.717) is 5.56 Å². The Morgan fingerprint density at radius 3 is 2.63 bits per heavy atom. The van der Waals surface area contributed by atoms with Crippen molar-refractivity contribution in [2.45, 2.75) is 13.0 Å². The number of rotatable bonds is 3. The highest BCUT2D eigenvalue weighted by atomic mass is 127. The van der Waals surface area contributed by atoms with Gasteiger partial charge in [-0.1, -0.05) is 24.3 Å². The minimum Gasteiger partial charge on any atom is -0.494 e. The van der Waals surface area contributed by atoms with E-state index < -0.39 is 11.9 Å². The lowest BCUT2D eigenvalue weighted by Gasteiger charge is -2.15. The zero-order valence-corrected chi connectivity index (χ0v) is 12.8. The summed E-state index contributed by atoms with van der Waals surface area (Å²) in [6.45, 7) is 1.98. The molecule has 0 heterocycles. The molecule has 0 fully saturated rings. The van der Waals surface area contributed by atoms with E-state index >= 15 is 0 Å². The third kappa shape index (κ3) is 2.90. The Bertz CT molecular complexity index is 599. The van der Waals surface area contributed by atoms with Crippen LogP contribution in [0.15, 0.2) is 36.4 Å². The summed E-state index contributed by atoms with van der Waals surface area (Å²) in [7, 11) is 1.41. The fraction of sp³-hybridized carbons (Fsp3) is 0.200. The Labute approximate surface area is 125 Å². The lowest BCUT2D eigenvalue weighted by atomic mass is 10.00. The summed E-state index contributed by atoms with van der Waals surface area (Å²) >= 11 is 2.19. The predicted octanol–water partition coefficient (Wildman–Crippen LogP) is 3.83. The number of methoxy groups -OCH3 is 1.